The van der Waals surface area contributed by atoms with Gasteiger partial charge in [0.2, 0.25) is 11.8 Å². The third-order valence-corrected chi connectivity index (χ3v) is 5.30. The first-order valence-electron chi connectivity index (χ1n) is 8.75. The Morgan fingerprint density at radius 1 is 1.10 bits per heavy atom. The molecule has 3 heterocycles. The summed E-state index contributed by atoms with van der Waals surface area (Å²) in [6, 6.07) is 10.0. The van der Waals surface area contributed by atoms with Crippen LogP contribution in [0.1, 0.15) is 5.56 Å². The predicted octanol–water partition coefficient (Wildman–Crippen LogP) is 1.50. The van der Waals surface area contributed by atoms with E-state index < -0.39 is 9.84 Å². The lowest BCUT2D eigenvalue weighted by molar-refractivity contribution is 0.586. The van der Waals surface area contributed by atoms with Gasteiger partial charge in [-0.25, -0.2) is 27.2 Å². The molecule has 0 saturated heterocycles. The zero-order valence-electron chi connectivity index (χ0n) is 15.5. The van der Waals surface area contributed by atoms with Crippen LogP contribution in [0.4, 0.5) is 10.3 Å². The molecule has 0 saturated carbocycles. The first-order valence-corrected chi connectivity index (χ1v) is 10.8. The number of pyridine rings is 1. The fourth-order valence-corrected chi connectivity index (χ4v) is 3.45. The van der Waals surface area contributed by atoms with Gasteiger partial charge >= 0.3 is 0 Å². The maximum absolute atomic E-state index is 14.1. The number of nitrogens with two attached hydrogens (primary N) is 1. The van der Waals surface area contributed by atoms with Crippen molar-refractivity contribution in [3.05, 3.63) is 54.0 Å². The molecule has 0 unspecified atom stereocenters. The minimum Gasteiger partial charge on any atom is -0.368 e. The highest BCUT2D eigenvalue weighted by Crippen LogP contribution is 2.26. The van der Waals surface area contributed by atoms with Crippen molar-refractivity contribution in [2.45, 2.75) is 13.1 Å². The molecule has 29 heavy (non-hydrogen) atoms. The van der Waals surface area contributed by atoms with Crippen LogP contribution < -0.4 is 5.73 Å². The van der Waals surface area contributed by atoms with Crippen LogP contribution in [0.25, 0.3) is 22.6 Å². The molecule has 0 aliphatic heterocycles. The van der Waals surface area contributed by atoms with Crippen molar-refractivity contribution >= 4 is 26.8 Å². The summed E-state index contributed by atoms with van der Waals surface area (Å²) in [6.45, 7) is 0.272. The molecule has 0 atom stereocenters. The number of benzene rings is 1. The summed E-state index contributed by atoms with van der Waals surface area (Å²) in [7, 11) is -3.17. The smallest absolute Gasteiger partial charge is 0.219 e. The molecule has 4 rings (SSSR count). The molecule has 0 aliphatic rings. The summed E-state index contributed by atoms with van der Waals surface area (Å²) in [5.41, 5.74) is 7.36. The Morgan fingerprint density at radius 3 is 2.66 bits per heavy atom. The lowest BCUT2D eigenvalue weighted by Gasteiger charge is -2.04. The fraction of sp³-hybridized carbons (Fsp3) is 0.222. The third kappa shape index (κ3) is 3.94. The quantitative estimate of drug-likeness (QED) is 0.506. The first-order chi connectivity index (χ1) is 13.8. The summed E-state index contributed by atoms with van der Waals surface area (Å²) >= 11 is 0. The van der Waals surface area contributed by atoms with Crippen molar-refractivity contribution in [1.29, 1.82) is 0 Å². The second-order valence-corrected chi connectivity index (χ2v) is 8.88. The summed E-state index contributed by atoms with van der Waals surface area (Å²) < 4.78 is 39.8. The zero-order chi connectivity index (χ0) is 20.6. The van der Waals surface area contributed by atoms with Crippen molar-refractivity contribution in [3.63, 3.8) is 0 Å². The maximum Gasteiger partial charge on any atom is 0.219 e. The van der Waals surface area contributed by atoms with Gasteiger partial charge < -0.3 is 5.73 Å². The monoisotopic (exact) mass is 415 g/mol. The second-order valence-electron chi connectivity index (χ2n) is 6.62. The number of hydrogen-bond acceptors (Lipinski definition) is 7. The van der Waals surface area contributed by atoms with E-state index in [-0.39, 0.29) is 36.4 Å². The largest absolute Gasteiger partial charge is 0.368 e. The number of anilines is 1. The van der Waals surface area contributed by atoms with Gasteiger partial charge in [-0.1, -0.05) is 18.2 Å². The number of halogens is 1. The van der Waals surface area contributed by atoms with Gasteiger partial charge in [-0.05, 0) is 18.2 Å². The van der Waals surface area contributed by atoms with E-state index in [1.165, 1.54) is 10.7 Å². The van der Waals surface area contributed by atoms with Gasteiger partial charge in [0.05, 0.1) is 24.2 Å². The van der Waals surface area contributed by atoms with Crippen LogP contribution in [0.5, 0.6) is 0 Å². The van der Waals surface area contributed by atoms with Gasteiger partial charge in [0.25, 0.3) is 0 Å². The van der Waals surface area contributed by atoms with Gasteiger partial charge in [-0.15, -0.1) is 5.10 Å². The molecule has 9 nitrogen and oxygen atoms in total. The van der Waals surface area contributed by atoms with Crippen LogP contribution in [-0.2, 0) is 22.9 Å². The van der Waals surface area contributed by atoms with E-state index in [4.69, 9.17) is 5.73 Å². The van der Waals surface area contributed by atoms with Gasteiger partial charge in [0, 0.05) is 18.0 Å². The maximum atomic E-state index is 14.1. The molecular weight excluding hydrogens is 397 g/mol. The highest BCUT2D eigenvalue weighted by atomic mass is 32.2. The number of sulfone groups is 1. The molecule has 0 fully saturated rings. The Morgan fingerprint density at radius 2 is 1.90 bits per heavy atom. The summed E-state index contributed by atoms with van der Waals surface area (Å²) in [6.07, 6.45) is 2.77. The predicted molar refractivity (Wildman–Crippen MR) is 106 cm³/mol. The van der Waals surface area contributed by atoms with Crippen LogP contribution in [-0.4, -0.2) is 50.0 Å². The second kappa shape index (κ2) is 7.24. The molecule has 0 radical (unpaired) electrons. The Balaban J connectivity index is 1.75. The fourth-order valence-electron chi connectivity index (χ4n) is 2.94. The molecular formula is C18H18FN7O2S. The van der Waals surface area contributed by atoms with E-state index >= 15 is 0 Å². The van der Waals surface area contributed by atoms with E-state index in [0.717, 1.165) is 6.26 Å². The van der Waals surface area contributed by atoms with E-state index in [9.17, 15) is 12.8 Å². The summed E-state index contributed by atoms with van der Waals surface area (Å²) in [5.74, 6) is -0.101. The highest BCUT2D eigenvalue weighted by Gasteiger charge is 2.19. The molecule has 1 aromatic carbocycles. The molecule has 4 aromatic rings. The van der Waals surface area contributed by atoms with Gasteiger partial charge in [0.1, 0.15) is 21.3 Å². The van der Waals surface area contributed by atoms with Crippen molar-refractivity contribution < 1.29 is 12.8 Å². The summed E-state index contributed by atoms with van der Waals surface area (Å²) in [4.78, 5) is 8.58. The number of hydrogen-bond donors (Lipinski definition) is 1. The summed E-state index contributed by atoms with van der Waals surface area (Å²) in [5, 5.41) is 9.53. The molecule has 0 spiro atoms. The Bertz CT molecular complexity index is 1300. The molecule has 11 heteroatoms. The first kappa shape index (κ1) is 19.0. The van der Waals surface area contributed by atoms with Crippen molar-refractivity contribution in [3.8, 4) is 11.5 Å². The molecule has 2 N–H and O–H groups in total. The molecule has 0 aliphatic carbocycles. The lowest BCUT2D eigenvalue weighted by atomic mass is 10.2. The van der Waals surface area contributed by atoms with Crippen LogP contribution in [0, 0.1) is 5.82 Å². The van der Waals surface area contributed by atoms with Gasteiger partial charge in [-0.3, -0.25) is 0 Å². The average molecular weight is 415 g/mol. The van der Waals surface area contributed by atoms with Crippen molar-refractivity contribution in [2.24, 2.45) is 0 Å². The Labute approximate surface area is 165 Å². The number of rotatable bonds is 6. The molecule has 150 valence electrons. The Kier molecular flexibility index (Phi) is 4.74. The molecule has 0 amide bonds. The van der Waals surface area contributed by atoms with E-state index in [1.54, 1.807) is 35.1 Å². The third-order valence-electron chi connectivity index (χ3n) is 4.37. The van der Waals surface area contributed by atoms with Crippen LogP contribution in [0.3, 0.4) is 0 Å². The van der Waals surface area contributed by atoms with E-state index in [0.29, 0.717) is 22.3 Å². The van der Waals surface area contributed by atoms with Crippen LogP contribution in [0.15, 0.2) is 42.6 Å². The van der Waals surface area contributed by atoms with E-state index in [2.05, 4.69) is 20.2 Å². The number of nitrogens with zero attached hydrogens (tertiary/aromatic N) is 6. The molecule has 0 bridgehead atoms. The number of nitrogen functional groups attached to an aromatic ring is 1. The topological polar surface area (TPSA) is 122 Å². The van der Waals surface area contributed by atoms with Crippen LogP contribution in [0.2, 0.25) is 0 Å². The number of aromatic nitrogens is 6. The Hall–Kier alpha value is -3.34. The van der Waals surface area contributed by atoms with Gasteiger partial charge in [0.15, 0.2) is 5.65 Å². The SMILES string of the molecule is CS(=O)(=O)CCn1nc(-c2nn(Cc3ccccc3F)c3ncccc23)nc1N. The van der Waals surface area contributed by atoms with Crippen molar-refractivity contribution in [2.75, 3.05) is 17.7 Å². The van der Waals surface area contributed by atoms with Gasteiger partial charge in [-0.2, -0.15) is 10.1 Å². The normalized spacial score (nSPS) is 11.9. The minimum atomic E-state index is -3.17. The lowest BCUT2D eigenvalue weighted by Crippen LogP contribution is -2.14. The number of aryl methyl sites for hydroxylation is 1. The van der Waals surface area contributed by atoms with E-state index in [1.807, 2.05) is 6.07 Å². The standard InChI is InChI=1S/C18H18FN7O2S/c1-29(27,28)10-9-25-18(20)22-16(24-25)15-13-6-4-8-21-17(13)26(23-15)11-12-5-2-3-7-14(12)19/h2-8H,9-11H2,1H3,(H2,20,22,24). The molecule has 3 aromatic heterocycles. The average Bonchev–Trinajstić information content (AvgIpc) is 3.22. The van der Waals surface area contributed by atoms with Crippen molar-refractivity contribution in [1.82, 2.24) is 29.5 Å². The van der Waals surface area contributed by atoms with Crippen LogP contribution >= 0.6 is 0 Å². The highest BCUT2D eigenvalue weighted by molar-refractivity contribution is 7.90. The zero-order valence-corrected chi connectivity index (χ0v) is 16.3. The number of fused-ring (bicyclic) bond motifs is 1. The minimum absolute atomic E-state index is 0.0871.